The van der Waals surface area contributed by atoms with E-state index >= 15 is 0 Å². The second-order valence-electron chi connectivity index (χ2n) is 5.61. The van der Waals surface area contributed by atoms with Gasteiger partial charge in [-0.15, -0.1) is 0 Å². The summed E-state index contributed by atoms with van der Waals surface area (Å²) < 4.78 is 203. The average Bonchev–Trinajstić information content (AvgIpc) is 2.64. The van der Waals surface area contributed by atoms with Crippen LogP contribution in [0.3, 0.4) is 0 Å². The van der Waals surface area contributed by atoms with Crippen LogP contribution >= 0.6 is 0 Å². The van der Waals surface area contributed by atoms with Gasteiger partial charge in [0.25, 0.3) is 17.3 Å². The van der Waals surface area contributed by atoms with Crippen LogP contribution in [0.1, 0.15) is 0 Å². The third kappa shape index (κ3) is 20.4. The first-order chi connectivity index (χ1) is 16.6. The third-order valence-corrected chi connectivity index (χ3v) is 2.46. The molecule has 0 rings (SSSR count). The van der Waals surface area contributed by atoms with Gasteiger partial charge in [0.05, 0.1) is 0 Å². The Balaban J connectivity index is -0.000000240. The molecule has 0 amide bonds. The van der Waals surface area contributed by atoms with E-state index in [2.05, 4.69) is 0 Å². The molecular formula is C15H3F18O6Y. The average molecular weight is 710 g/mol. The van der Waals surface area contributed by atoms with Gasteiger partial charge in [-0.25, -0.2) is 0 Å². The Morgan fingerprint density at radius 3 is 0.550 bits per heavy atom. The normalized spacial score (nSPS) is 14.1. The monoisotopic (exact) mass is 710 g/mol. The predicted octanol–water partition coefficient (Wildman–Crippen LogP) is 2.77. The zero-order chi connectivity index (χ0) is 32.6. The van der Waals surface area contributed by atoms with Crippen molar-refractivity contribution in [3.8, 4) is 0 Å². The molecule has 0 unspecified atom stereocenters. The molecule has 0 spiro atoms. The molecule has 0 saturated carbocycles. The molecule has 228 valence electrons. The number of carbonyl (C=O) groups excluding carboxylic acids is 3. The summed E-state index contributed by atoms with van der Waals surface area (Å²) in [7, 11) is 0. The van der Waals surface area contributed by atoms with Crippen molar-refractivity contribution in [2.45, 2.75) is 37.1 Å². The molecule has 0 aromatic heterocycles. The van der Waals surface area contributed by atoms with Gasteiger partial charge in [-0.1, -0.05) is 0 Å². The molecular weight excluding hydrogens is 707 g/mol. The molecule has 0 aliphatic rings. The predicted molar refractivity (Wildman–Crippen MR) is 75.6 cm³/mol. The molecule has 0 aliphatic heterocycles. The van der Waals surface area contributed by atoms with Crippen molar-refractivity contribution in [1.82, 2.24) is 0 Å². The van der Waals surface area contributed by atoms with Gasteiger partial charge < -0.3 is 15.3 Å². The van der Waals surface area contributed by atoms with Crippen LogP contribution in [-0.2, 0) is 47.1 Å². The first kappa shape index (κ1) is 44.5. The summed E-state index contributed by atoms with van der Waals surface area (Å²) in [5.74, 6) is -16.9. The summed E-state index contributed by atoms with van der Waals surface area (Å²) >= 11 is 0. The van der Waals surface area contributed by atoms with Crippen molar-refractivity contribution in [2.24, 2.45) is 0 Å². The third-order valence-electron chi connectivity index (χ3n) is 2.46. The van der Waals surface area contributed by atoms with Crippen LogP contribution < -0.4 is 15.3 Å². The molecule has 0 aromatic rings. The van der Waals surface area contributed by atoms with E-state index in [1.54, 1.807) is 0 Å². The van der Waals surface area contributed by atoms with Crippen molar-refractivity contribution >= 4 is 17.3 Å². The largest absolute Gasteiger partial charge is 3.00 e. The van der Waals surface area contributed by atoms with Crippen LogP contribution in [0.4, 0.5) is 79.0 Å². The molecule has 0 heterocycles. The van der Waals surface area contributed by atoms with Gasteiger partial charge in [-0.3, -0.25) is 14.4 Å². The number of carbonyl (C=O) groups is 3. The molecule has 0 aliphatic carbocycles. The van der Waals surface area contributed by atoms with Crippen LogP contribution in [0.25, 0.3) is 0 Å². The van der Waals surface area contributed by atoms with Gasteiger partial charge in [-0.2, -0.15) is 79.0 Å². The molecule has 0 fully saturated rings. The maximum Gasteiger partial charge on any atom is 3.00 e. The molecule has 0 N–H and O–H groups in total. The van der Waals surface area contributed by atoms with Crippen molar-refractivity contribution < 1.29 is 141 Å². The van der Waals surface area contributed by atoms with Crippen molar-refractivity contribution in [3.63, 3.8) is 0 Å². The Bertz CT molecular complexity index is 834. The van der Waals surface area contributed by atoms with E-state index < -0.39 is 89.9 Å². The number of rotatable bonds is 3. The fraction of sp³-hybridized carbons (Fsp3) is 0.400. The molecule has 0 radical (unpaired) electrons. The minimum Gasteiger partial charge on any atom is -0.869 e. The minimum atomic E-state index is -5.46. The summed E-state index contributed by atoms with van der Waals surface area (Å²) in [6.45, 7) is 0. The van der Waals surface area contributed by atoms with Gasteiger partial charge >= 0.3 is 69.8 Å². The van der Waals surface area contributed by atoms with E-state index in [1.165, 1.54) is 0 Å². The minimum absolute atomic E-state index is 0. The van der Waals surface area contributed by atoms with Gasteiger partial charge in [0.2, 0.25) is 0 Å². The van der Waals surface area contributed by atoms with Crippen molar-refractivity contribution in [3.05, 3.63) is 35.5 Å². The number of hydrogen-bond donors (Lipinski definition) is 0. The van der Waals surface area contributed by atoms with E-state index in [0.29, 0.717) is 0 Å². The Labute approximate surface area is 231 Å². The summed E-state index contributed by atoms with van der Waals surface area (Å²) in [5.41, 5.74) is 0. The van der Waals surface area contributed by atoms with Crippen molar-refractivity contribution in [1.29, 1.82) is 0 Å². The van der Waals surface area contributed by atoms with E-state index in [0.717, 1.165) is 0 Å². The smallest absolute Gasteiger partial charge is 0.869 e. The molecule has 0 atom stereocenters. The molecule has 6 nitrogen and oxygen atoms in total. The van der Waals surface area contributed by atoms with E-state index in [4.69, 9.17) is 0 Å². The molecule has 0 aromatic carbocycles. The van der Waals surface area contributed by atoms with Crippen LogP contribution in [0, 0.1) is 0 Å². The number of hydrogen-bond acceptors (Lipinski definition) is 6. The summed E-state index contributed by atoms with van der Waals surface area (Å²) in [4.78, 5) is 29.5. The van der Waals surface area contributed by atoms with E-state index in [-0.39, 0.29) is 32.7 Å². The standard InChI is InChI=1S/3C5H2F6O2.Y/c3*6-4(7,8)2(12)1-3(13)5(9,10)11;/h3*1,12H;/q;;;+3/p-3. The number of alkyl halides is 18. The second-order valence-corrected chi connectivity index (χ2v) is 5.61. The maximum atomic E-state index is 11.3. The SMILES string of the molecule is O=C(C=C([O-])C(F)(F)F)C(F)(F)F.O=C(C=C([O-])C(F)(F)F)C(F)(F)F.O=C(C=C([O-])C(F)(F)F)C(F)(F)F.[Y+3]. The Morgan fingerprint density at radius 2 is 0.475 bits per heavy atom. The van der Waals surface area contributed by atoms with Crippen molar-refractivity contribution in [2.75, 3.05) is 0 Å². The van der Waals surface area contributed by atoms with E-state index in [1.807, 2.05) is 0 Å². The fourth-order valence-electron chi connectivity index (χ4n) is 0.848. The zero-order valence-electron chi connectivity index (χ0n) is 17.6. The Morgan fingerprint density at radius 1 is 0.350 bits per heavy atom. The van der Waals surface area contributed by atoms with Crippen LogP contribution in [0.2, 0.25) is 0 Å². The molecule has 25 heteroatoms. The maximum absolute atomic E-state index is 11.3. The first-order valence-corrected chi connectivity index (χ1v) is 7.86. The first-order valence-electron chi connectivity index (χ1n) is 7.86. The van der Waals surface area contributed by atoms with E-state index in [9.17, 15) is 109 Å². The molecule has 0 saturated heterocycles. The quantitative estimate of drug-likeness (QED) is 0.253. The Kier molecular flexibility index (Phi) is 17.2. The number of halogens is 18. The fourth-order valence-corrected chi connectivity index (χ4v) is 0.848. The topological polar surface area (TPSA) is 120 Å². The number of allylic oxidation sites excluding steroid dienone is 6. The van der Waals surface area contributed by atoms with Crippen LogP contribution in [0.5, 0.6) is 0 Å². The summed E-state index contributed by atoms with van der Waals surface area (Å²) in [6, 6.07) is 0. The van der Waals surface area contributed by atoms with Crippen LogP contribution in [0.15, 0.2) is 35.5 Å². The zero-order valence-corrected chi connectivity index (χ0v) is 20.4. The molecule has 40 heavy (non-hydrogen) atoms. The summed E-state index contributed by atoms with van der Waals surface area (Å²) in [5, 5.41) is 29.5. The summed E-state index contributed by atoms with van der Waals surface area (Å²) in [6.07, 6.45) is -35.8. The molecule has 0 bridgehead atoms. The second kappa shape index (κ2) is 15.5. The van der Waals surface area contributed by atoms with Gasteiger partial charge in [0, 0.05) is 0 Å². The Hall–Kier alpha value is -2.53. The van der Waals surface area contributed by atoms with Gasteiger partial charge in [0.15, 0.2) is 0 Å². The number of ketones is 3. The van der Waals surface area contributed by atoms with Gasteiger partial charge in [-0.05, 0) is 35.5 Å². The van der Waals surface area contributed by atoms with Crippen LogP contribution in [-0.4, -0.2) is 54.4 Å². The van der Waals surface area contributed by atoms with Gasteiger partial charge in [0.1, 0.15) is 0 Å².